The summed E-state index contributed by atoms with van der Waals surface area (Å²) in [5.41, 5.74) is 0. The van der Waals surface area contributed by atoms with Crippen LogP contribution in [0.3, 0.4) is 0 Å². The van der Waals surface area contributed by atoms with Crippen LogP contribution in [-0.2, 0) is 26.7 Å². The molecule has 0 aromatic rings. The molecule has 0 unspecified atom stereocenters. The first-order valence-electron chi connectivity index (χ1n) is 1.82. The van der Waals surface area contributed by atoms with Gasteiger partial charge in [0.2, 0.25) is 0 Å². The van der Waals surface area contributed by atoms with Crippen molar-refractivity contribution in [3.05, 3.63) is 0 Å². The Balaban J connectivity index is -0.00000000800. The van der Waals surface area contributed by atoms with E-state index in [-0.39, 0.29) is 39.0 Å². The summed E-state index contributed by atoms with van der Waals surface area (Å²) in [6, 6.07) is 0. The summed E-state index contributed by atoms with van der Waals surface area (Å²) in [5, 5.41) is 17.8. The monoisotopic (exact) mass is 245 g/mol. The van der Waals surface area contributed by atoms with Gasteiger partial charge in [-0.1, -0.05) is 0 Å². The maximum atomic E-state index is 8.89. The summed E-state index contributed by atoms with van der Waals surface area (Å²) in [6.07, 6.45) is 0. The molecule has 8 nitrogen and oxygen atoms in total. The summed E-state index contributed by atoms with van der Waals surface area (Å²) in [4.78, 5) is 17.8. The molecule has 0 saturated carbocycles. The van der Waals surface area contributed by atoms with Gasteiger partial charge in [-0.05, 0) is 13.8 Å². The molecule has 0 aromatic heterocycles. The van der Waals surface area contributed by atoms with Crippen molar-refractivity contribution in [3.8, 4) is 0 Å². The molecule has 0 amide bonds. The van der Waals surface area contributed by atoms with E-state index in [1.807, 2.05) is 0 Å². The van der Waals surface area contributed by atoms with E-state index in [0.29, 0.717) is 0 Å². The van der Waals surface area contributed by atoms with E-state index in [4.69, 9.17) is 19.8 Å². The standard InChI is InChI=1S/2C2H4O2.Mn.4H2O/c2*1-2(3)4;;;;;/h2*1H3,(H,3,4);;4*1H2/q;;+2;;;;/p-2. The fourth-order valence-corrected chi connectivity index (χ4v) is 0. The number of carbonyl (C=O) groups excluding carboxylic acids is 2. The van der Waals surface area contributed by atoms with Gasteiger partial charge in [-0.15, -0.1) is 0 Å². The van der Waals surface area contributed by atoms with E-state index in [0.717, 1.165) is 13.8 Å². The number of hydrogen-bond donors (Lipinski definition) is 0. The minimum Gasteiger partial charge on any atom is -0.550 e. The third-order valence-corrected chi connectivity index (χ3v) is 0. The Morgan fingerprint density at radius 2 is 0.769 bits per heavy atom. The third kappa shape index (κ3) is 1990. The quantitative estimate of drug-likeness (QED) is 0.381. The van der Waals surface area contributed by atoms with Gasteiger partial charge in [0.05, 0.1) is 0 Å². The molecule has 0 heterocycles. The van der Waals surface area contributed by atoms with Gasteiger partial charge < -0.3 is 41.7 Å². The Hall–Kier alpha value is -0.701. The van der Waals surface area contributed by atoms with E-state index < -0.39 is 11.9 Å². The molecule has 0 aliphatic heterocycles. The average molecular weight is 245 g/mol. The van der Waals surface area contributed by atoms with E-state index in [9.17, 15) is 0 Å². The Morgan fingerprint density at radius 3 is 0.769 bits per heavy atom. The van der Waals surface area contributed by atoms with Crippen LogP contribution in [0.15, 0.2) is 0 Å². The number of hydrogen-bond acceptors (Lipinski definition) is 4. The third-order valence-electron chi connectivity index (χ3n) is 0. The molecule has 0 saturated heterocycles. The van der Waals surface area contributed by atoms with Crippen LogP contribution < -0.4 is 10.2 Å². The fourth-order valence-electron chi connectivity index (χ4n) is 0. The summed E-state index contributed by atoms with van der Waals surface area (Å²) in [7, 11) is 0. The van der Waals surface area contributed by atoms with Crippen molar-refractivity contribution < 1.29 is 58.8 Å². The van der Waals surface area contributed by atoms with E-state index in [1.54, 1.807) is 0 Å². The summed E-state index contributed by atoms with van der Waals surface area (Å²) in [6.45, 7) is 1.94. The molecular weight excluding hydrogens is 231 g/mol. The Labute approximate surface area is 85.3 Å². The predicted molar refractivity (Wildman–Crippen MR) is 35.8 cm³/mol. The van der Waals surface area contributed by atoms with Crippen LogP contribution in [0.4, 0.5) is 0 Å². The van der Waals surface area contributed by atoms with Gasteiger partial charge in [-0.3, -0.25) is 0 Å². The fraction of sp³-hybridized carbons (Fsp3) is 0.500. The topological polar surface area (TPSA) is 206 Å². The second-order valence-corrected chi connectivity index (χ2v) is 0.983. The van der Waals surface area contributed by atoms with Crippen LogP contribution in [0.2, 0.25) is 0 Å². The Kier molecular flexibility index (Phi) is 184. The van der Waals surface area contributed by atoms with Crippen molar-refractivity contribution >= 4 is 11.9 Å². The molecular formula is C4H14MnO8. The summed E-state index contributed by atoms with van der Waals surface area (Å²) >= 11 is 0. The molecule has 0 aliphatic rings. The molecule has 1 radical (unpaired) electrons. The van der Waals surface area contributed by atoms with E-state index in [2.05, 4.69) is 0 Å². The van der Waals surface area contributed by atoms with Crippen LogP contribution in [0.5, 0.6) is 0 Å². The molecule has 0 rings (SSSR count). The summed E-state index contributed by atoms with van der Waals surface area (Å²) in [5.74, 6) is -2.17. The maximum Gasteiger partial charge on any atom is 2.00 e. The van der Waals surface area contributed by atoms with Crippen molar-refractivity contribution in [2.24, 2.45) is 0 Å². The summed E-state index contributed by atoms with van der Waals surface area (Å²) < 4.78 is 0. The first-order chi connectivity index (χ1) is 3.46. The molecule has 9 heteroatoms. The number of carboxylic acids is 2. The van der Waals surface area contributed by atoms with Crippen molar-refractivity contribution in [1.29, 1.82) is 0 Å². The first-order valence-corrected chi connectivity index (χ1v) is 1.82. The van der Waals surface area contributed by atoms with Gasteiger partial charge in [0.1, 0.15) is 0 Å². The van der Waals surface area contributed by atoms with Crippen molar-refractivity contribution in [2.45, 2.75) is 13.8 Å². The maximum absolute atomic E-state index is 8.89. The first kappa shape index (κ1) is 55.9. The predicted octanol–water partition coefficient (Wildman–Crippen LogP) is -5.79. The zero-order chi connectivity index (χ0) is 7.15. The minimum absolute atomic E-state index is 0. The van der Waals surface area contributed by atoms with E-state index in [1.165, 1.54) is 0 Å². The minimum atomic E-state index is -1.08. The van der Waals surface area contributed by atoms with Crippen LogP contribution in [0, 0.1) is 0 Å². The number of carboxylic acid groups (broad SMARTS) is 2. The number of rotatable bonds is 0. The number of carbonyl (C=O) groups is 2. The molecule has 0 fully saturated rings. The molecule has 85 valence electrons. The molecule has 0 atom stereocenters. The van der Waals surface area contributed by atoms with Crippen LogP contribution in [0.1, 0.15) is 13.8 Å². The Bertz CT molecular complexity index is 74.1. The zero-order valence-corrected chi connectivity index (χ0v) is 8.19. The van der Waals surface area contributed by atoms with Gasteiger partial charge in [-0.2, -0.15) is 0 Å². The number of aliphatic carboxylic acids is 2. The zero-order valence-electron chi connectivity index (χ0n) is 7.01. The van der Waals surface area contributed by atoms with E-state index >= 15 is 0 Å². The average Bonchev–Trinajstić information content (AvgIpc) is 1.25. The normalized spacial score (nSPS) is 3.85. The second kappa shape index (κ2) is 42.7. The molecule has 13 heavy (non-hydrogen) atoms. The second-order valence-electron chi connectivity index (χ2n) is 0.983. The molecule has 8 N–H and O–H groups in total. The molecule has 0 aliphatic carbocycles. The van der Waals surface area contributed by atoms with Gasteiger partial charge in [-0.25, -0.2) is 0 Å². The van der Waals surface area contributed by atoms with Crippen LogP contribution in [0.25, 0.3) is 0 Å². The molecule has 0 spiro atoms. The van der Waals surface area contributed by atoms with Crippen LogP contribution >= 0.6 is 0 Å². The SMILES string of the molecule is CC(=O)[O-].CC(=O)[O-].O.O.O.O.[Mn+2]. The van der Waals surface area contributed by atoms with Gasteiger partial charge in [0.25, 0.3) is 0 Å². The van der Waals surface area contributed by atoms with Gasteiger partial charge in [0, 0.05) is 11.9 Å². The van der Waals surface area contributed by atoms with Gasteiger partial charge >= 0.3 is 17.1 Å². The van der Waals surface area contributed by atoms with Crippen molar-refractivity contribution in [2.75, 3.05) is 0 Å². The largest absolute Gasteiger partial charge is 2.00 e. The molecule has 0 aromatic carbocycles. The van der Waals surface area contributed by atoms with Crippen LogP contribution in [-0.4, -0.2) is 33.8 Å². The smallest absolute Gasteiger partial charge is 0.550 e. The molecule has 0 bridgehead atoms. The van der Waals surface area contributed by atoms with Crippen molar-refractivity contribution in [3.63, 3.8) is 0 Å². The van der Waals surface area contributed by atoms with Crippen molar-refractivity contribution in [1.82, 2.24) is 0 Å². The van der Waals surface area contributed by atoms with Gasteiger partial charge in [0.15, 0.2) is 0 Å². The Morgan fingerprint density at radius 1 is 0.769 bits per heavy atom.